The third kappa shape index (κ3) is 1.34. The fraction of sp³-hybridized carbons (Fsp3) is 0. The van der Waals surface area contributed by atoms with Crippen molar-refractivity contribution in [2.24, 2.45) is 0 Å². The van der Waals surface area contributed by atoms with Gasteiger partial charge in [0.05, 0.1) is 5.69 Å². The lowest BCUT2D eigenvalue weighted by Gasteiger charge is -2.00. The number of terminal acetylenes is 1. The monoisotopic (exact) mass is 184 g/mol. The molecule has 1 aromatic heterocycles. The van der Waals surface area contributed by atoms with Gasteiger partial charge in [0.2, 0.25) is 0 Å². The molecule has 0 spiro atoms. The van der Waals surface area contributed by atoms with E-state index in [1.54, 1.807) is 18.5 Å². The second-order valence-corrected chi connectivity index (χ2v) is 2.83. The lowest BCUT2D eigenvalue weighted by molar-refractivity contribution is 0.987. The Hall–Kier alpha value is -2.21. The molecule has 1 N–H and O–H groups in total. The van der Waals surface area contributed by atoms with Gasteiger partial charge in [0, 0.05) is 18.0 Å². The zero-order chi connectivity index (χ0) is 9.97. The highest BCUT2D eigenvalue weighted by atomic mass is 16.1. The Bertz CT molecular complexity index is 543. The molecule has 0 saturated heterocycles. The predicted molar refractivity (Wildman–Crippen MR) is 54.3 cm³/mol. The molecule has 0 saturated carbocycles. The van der Waals surface area contributed by atoms with Crippen molar-refractivity contribution >= 4 is 0 Å². The number of rotatable bonds is 1. The van der Waals surface area contributed by atoms with E-state index in [1.807, 2.05) is 18.2 Å². The first-order valence-electron chi connectivity index (χ1n) is 4.14. The minimum Gasteiger partial charge on any atom is -0.312 e. The maximum Gasteiger partial charge on any atom is 0.330 e. The molecular formula is C11H8N2O. The molecule has 3 heteroatoms. The van der Waals surface area contributed by atoms with Gasteiger partial charge >= 0.3 is 5.69 Å². The molecule has 0 aliphatic rings. The van der Waals surface area contributed by atoms with Crippen LogP contribution in [-0.4, -0.2) is 9.55 Å². The number of H-pyrrole nitrogens is 1. The zero-order valence-electron chi connectivity index (χ0n) is 7.40. The average molecular weight is 184 g/mol. The van der Waals surface area contributed by atoms with Crippen LogP contribution in [0, 0.1) is 12.3 Å². The second kappa shape index (κ2) is 3.27. The Morgan fingerprint density at radius 3 is 2.93 bits per heavy atom. The summed E-state index contributed by atoms with van der Waals surface area (Å²) in [5.74, 6) is 2.52. The normalized spacial score (nSPS) is 9.64. The third-order valence-electron chi connectivity index (χ3n) is 1.94. The van der Waals surface area contributed by atoms with Crippen molar-refractivity contribution in [1.29, 1.82) is 0 Å². The first-order valence-corrected chi connectivity index (χ1v) is 4.14. The quantitative estimate of drug-likeness (QED) is 0.663. The van der Waals surface area contributed by atoms with Crippen LogP contribution in [-0.2, 0) is 0 Å². The largest absolute Gasteiger partial charge is 0.330 e. The van der Waals surface area contributed by atoms with Crippen molar-refractivity contribution in [3.8, 4) is 18.0 Å². The van der Waals surface area contributed by atoms with E-state index in [0.29, 0.717) is 0 Å². The fourth-order valence-electron chi connectivity index (χ4n) is 1.27. The molecule has 0 atom stereocenters. The van der Waals surface area contributed by atoms with Crippen LogP contribution >= 0.6 is 0 Å². The first-order chi connectivity index (χ1) is 6.81. The van der Waals surface area contributed by atoms with E-state index in [0.717, 1.165) is 11.3 Å². The smallest absolute Gasteiger partial charge is 0.312 e. The molecule has 1 aromatic carbocycles. The molecule has 3 nitrogen and oxygen atoms in total. The number of nitrogens with one attached hydrogen (secondary N) is 1. The van der Waals surface area contributed by atoms with E-state index < -0.39 is 0 Å². The SMILES string of the molecule is C#Cc1cccc(-n2cc[nH]c2=O)c1. The number of nitrogens with zero attached hydrogens (tertiary/aromatic N) is 1. The lowest BCUT2D eigenvalue weighted by atomic mass is 10.2. The summed E-state index contributed by atoms with van der Waals surface area (Å²) in [6.07, 6.45) is 8.52. The Morgan fingerprint density at radius 1 is 1.43 bits per heavy atom. The molecule has 0 bridgehead atoms. The van der Waals surface area contributed by atoms with Crippen molar-refractivity contribution in [1.82, 2.24) is 9.55 Å². The van der Waals surface area contributed by atoms with Gasteiger partial charge in [-0.25, -0.2) is 4.79 Å². The summed E-state index contributed by atoms with van der Waals surface area (Å²) >= 11 is 0. The summed E-state index contributed by atoms with van der Waals surface area (Å²) in [5.41, 5.74) is 1.36. The number of aromatic nitrogens is 2. The van der Waals surface area contributed by atoms with Crippen molar-refractivity contribution in [2.45, 2.75) is 0 Å². The van der Waals surface area contributed by atoms with Crippen LogP contribution < -0.4 is 5.69 Å². The van der Waals surface area contributed by atoms with E-state index in [9.17, 15) is 4.79 Å². The maximum absolute atomic E-state index is 11.3. The Labute approximate surface area is 81.0 Å². The van der Waals surface area contributed by atoms with E-state index >= 15 is 0 Å². The van der Waals surface area contributed by atoms with Crippen molar-refractivity contribution in [3.63, 3.8) is 0 Å². The predicted octanol–water partition coefficient (Wildman–Crippen LogP) is 1.15. The van der Waals surface area contributed by atoms with Gasteiger partial charge in [0.25, 0.3) is 0 Å². The van der Waals surface area contributed by atoms with Gasteiger partial charge in [0.1, 0.15) is 0 Å². The number of aromatic amines is 1. The topological polar surface area (TPSA) is 37.8 Å². The average Bonchev–Trinajstić information content (AvgIpc) is 2.65. The second-order valence-electron chi connectivity index (χ2n) is 2.83. The van der Waals surface area contributed by atoms with Crippen LogP contribution in [0.1, 0.15) is 5.56 Å². The van der Waals surface area contributed by atoms with Crippen molar-refractivity contribution in [2.75, 3.05) is 0 Å². The molecule has 0 amide bonds. The van der Waals surface area contributed by atoms with Crippen molar-refractivity contribution < 1.29 is 0 Å². The molecule has 2 rings (SSSR count). The van der Waals surface area contributed by atoms with Gasteiger partial charge in [-0.3, -0.25) is 4.57 Å². The first kappa shape index (κ1) is 8.39. The number of hydrogen-bond donors (Lipinski definition) is 1. The van der Waals surface area contributed by atoms with Gasteiger partial charge in [0.15, 0.2) is 0 Å². The highest BCUT2D eigenvalue weighted by Gasteiger charge is 1.99. The molecule has 14 heavy (non-hydrogen) atoms. The summed E-state index contributed by atoms with van der Waals surface area (Å²) in [4.78, 5) is 13.8. The van der Waals surface area contributed by atoms with Gasteiger partial charge in [-0.15, -0.1) is 6.42 Å². The standard InChI is InChI=1S/C11H8N2O/c1-2-9-4-3-5-10(8-9)13-7-6-12-11(13)14/h1,3-8H,(H,12,14). The number of imidazole rings is 1. The van der Waals surface area contributed by atoms with Gasteiger partial charge in [-0.1, -0.05) is 12.0 Å². The third-order valence-corrected chi connectivity index (χ3v) is 1.94. The molecule has 1 heterocycles. The maximum atomic E-state index is 11.3. The van der Waals surface area contributed by atoms with E-state index in [1.165, 1.54) is 4.57 Å². The van der Waals surface area contributed by atoms with Gasteiger partial charge in [-0.05, 0) is 18.2 Å². The van der Waals surface area contributed by atoms with Crippen LogP contribution in [0.15, 0.2) is 41.5 Å². The van der Waals surface area contributed by atoms with Gasteiger partial charge in [-0.2, -0.15) is 0 Å². The molecule has 0 aliphatic carbocycles. The summed E-state index contributed by atoms with van der Waals surface area (Å²) < 4.78 is 1.50. The van der Waals surface area contributed by atoms with Crippen LogP contribution in [0.5, 0.6) is 0 Å². The highest BCUT2D eigenvalue weighted by molar-refractivity contribution is 5.42. The highest BCUT2D eigenvalue weighted by Crippen LogP contribution is 2.07. The summed E-state index contributed by atoms with van der Waals surface area (Å²) in [6.45, 7) is 0. The Balaban J connectivity index is 2.59. The minimum atomic E-state index is -0.167. The molecular weight excluding hydrogens is 176 g/mol. The zero-order valence-corrected chi connectivity index (χ0v) is 7.40. The van der Waals surface area contributed by atoms with Crippen LogP contribution in [0.4, 0.5) is 0 Å². The van der Waals surface area contributed by atoms with Crippen molar-refractivity contribution in [3.05, 3.63) is 52.7 Å². The Kier molecular flexibility index (Phi) is 1.96. The van der Waals surface area contributed by atoms with E-state index in [4.69, 9.17) is 6.42 Å². The summed E-state index contributed by atoms with van der Waals surface area (Å²) in [7, 11) is 0. The van der Waals surface area contributed by atoms with Crippen LogP contribution in [0.3, 0.4) is 0 Å². The molecule has 68 valence electrons. The summed E-state index contributed by atoms with van der Waals surface area (Å²) in [6, 6.07) is 7.26. The molecule has 2 aromatic rings. The Morgan fingerprint density at radius 2 is 2.29 bits per heavy atom. The molecule has 0 fully saturated rings. The van der Waals surface area contributed by atoms with E-state index in [-0.39, 0.29) is 5.69 Å². The molecule has 0 unspecified atom stereocenters. The summed E-state index contributed by atoms with van der Waals surface area (Å²) in [5, 5.41) is 0. The van der Waals surface area contributed by atoms with Crippen LogP contribution in [0.2, 0.25) is 0 Å². The van der Waals surface area contributed by atoms with Gasteiger partial charge < -0.3 is 4.98 Å². The lowest BCUT2D eigenvalue weighted by Crippen LogP contribution is -2.13. The van der Waals surface area contributed by atoms with E-state index in [2.05, 4.69) is 10.9 Å². The number of hydrogen-bond acceptors (Lipinski definition) is 1. The van der Waals surface area contributed by atoms with Crippen LogP contribution in [0.25, 0.3) is 5.69 Å². The fourth-order valence-corrected chi connectivity index (χ4v) is 1.27. The minimum absolute atomic E-state index is 0.167. The number of benzene rings is 1. The molecule has 0 aliphatic heterocycles. The molecule has 0 radical (unpaired) electrons.